The molecule has 3 rings (SSSR count). The van der Waals surface area contributed by atoms with E-state index in [9.17, 15) is 4.79 Å². The predicted octanol–water partition coefficient (Wildman–Crippen LogP) is 3.53. The number of guanidine groups is 1. The summed E-state index contributed by atoms with van der Waals surface area (Å²) in [5.41, 5.74) is 3.06. The lowest BCUT2D eigenvalue weighted by molar-refractivity contribution is 0.0724. The Morgan fingerprint density at radius 2 is 1.67 bits per heavy atom. The zero-order valence-electron chi connectivity index (χ0n) is 18.2. The number of carbonyl (C=O) groups is 1. The van der Waals surface area contributed by atoms with Gasteiger partial charge in [0, 0.05) is 45.8 Å². The van der Waals surface area contributed by atoms with E-state index in [0.29, 0.717) is 6.54 Å². The summed E-state index contributed by atoms with van der Waals surface area (Å²) in [6, 6.07) is 15.9. The molecular weight excluding hydrogens is 376 g/mol. The Hall–Kier alpha value is -3.02. The van der Waals surface area contributed by atoms with Gasteiger partial charge in [0.2, 0.25) is 0 Å². The number of aliphatic imine (C=N–C) groups is 1. The van der Waals surface area contributed by atoms with E-state index in [1.165, 1.54) is 12.0 Å². The number of hydrogen-bond acceptors (Lipinski definition) is 3. The number of nitrogens with one attached hydrogen (secondary N) is 1. The molecule has 1 N–H and O–H groups in total. The number of carbonyl (C=O) groups excluding carboxylic acids is 1. The fraction of sp³-hybridized carbons (Fsp3) is 0.417. The number of rotatable bonds is 6. The van der Waals surface area contributed by atoms with Crippen molar-refractivity contribution in [3.8, 4) is 5.75 Å². The molecule has 1 saturated heterocycles. The van der Waals surface area contributed by atoms with Gasteiger partial charge in [-0.2, -0.15) is 0 Å². The lowest BCUT2D eigenvalue weighted by Crippen LogP contribution is -2.38. The van der Waals surface area contributed by atoms with Crippen molar-refractivity contribution in [2.24, 2.45) is 4.99 Å². The quantitative estimate of drug-likeness (QED) is 0.587. The smallest absolute Gasteiger partial charge is 0.253 e. The molecular formula is C24H32N4O2. The van der Waals surface area contributed by atoms with Crippen LogP contribution in [0.15, 0.2) is 53.5 Å². The molecule has 6 nitrogen and oxygen atoms in total. The van der Waals surface area contributed by atoms with Crippen LogP contribution in [0.2, 0.25) is 0 Å². The molecule has 0 saturated carbocycles. The lowest BCUT2D eigenvalue weighted by Gasteiger charge is -2.26. The monoisotopic (exact) mass is 408 g/mol. The molecule has 30 heavy (non-hydrogen) atoms. The summed E-state index contributed by atoms with van der Waals surface area (Å²) in [5, 5.41) is 3.40. The Balaban J connectivity index is 1.53. The Bertz CT molecular complexity index is 841. The highest BCUT2D eigenvalue weighted by atomic mass is 16.5. The third kappa shape index (κ3) is 5.75. The number of piperidine rings is 1. The summed E-state index contributed by atoms with van der Waals surface area (Å²) in [6.45, 7) is 3.14. The number of likely N-dealkylation sites (tertiary alicyclic amines) is 1. The highest BCUT2D eigenvalue weighted by Crippen LogP contribution is 2.15. The fourth-order valence-electron chi connectivity index (χ4n) is 3.69. The van der Waals surface area contributed by atoms with E-state index in [1.807, 2.05) is 48.3 Å². The van der Waals surface area contributed by atoms with Crippen LogP contribution in [0.4, 0.5) is 0 Å². The molecule has 0 unspecified atom stereocenters. The third-order valence-electron chi connectivity index (χ3n) is 5.45. The zero-order chi connectivity index (χ0) is 21.3. The van der Waals surface area contributed by atoms with Gasteiger partial charge in [0.05, 0.1) is 7.11 Å². The lowest BCUT2D eigenvalue weighted by atomic mass is 10.1. The fourth-order valence-corrected chi connectivity index (χ4v) is 3.69. The zero-order valence-corrected chi connectivity index (χ0v) is 18.2. The molecule has 0 atom stereocenters. The molecule has 1 fully saturated rings. The molecule has 1 amide bonds. The van der Waals surface area contributed by atoms with Crippen LogP contribution in [0.3, 0.4) is 0 Å². The summed E-state index contributed by atoms with van der Waals surface area (Å²) in [7, 11) is 5.47. The van der Waals surface area contributed by atoms with Crippen molar-refractivity contribution in [2.45, 2.75) is 32.4 Å². The largest absolute Gasteiger partial charge is 0.497 e. The van der Waals surface area contributed by atoms with Gasteiger partial charge in [0.25, 0.3) is 5.91 Å². The minimum Gasteiger partial charge on any atom is -0.497 e. The molecule has 0 bridgehead atoms. The maximum absolute atomic E-state index is 12.6. The Morgan fingerprint density at radius 3 is 2.27 bits per heavy atom. The highest BCUT2D eigenvalue weighted by Gasteiger charge is 2.17. The van der Waals surface area contributed by atoms with Crippen LogP contribution >= 0.6 is 0 Å². The normalized spacial score (nSPS) is 14.4. The maximum atomic E-state index is 12.6. The van der Waals surface area contributed by atoms with Crippen LogP contribution in [-0.4, -0.2) is 56.0 Å². The summed E-state index contributed by atoms with van der Waals surface area (Å²) < 4.78 is 5.21. The molecule has 6 heteroatoms. The molecule has 2 aromatic rings. The average molecular weight is 409 g/mol. The summed E-state index contributed by atoms with van der Waals surface area (Å²) in [5.74, 6) is 1.81. The van der Waals surface area contributed by atoms with Crippen molar-refractivity contribution in [3.05, 3.63) is 65.2 Å². The molecule has 0 aliphatic carbocycles. The van der Waals surface area contributed by atoms with Gasteiger partial charge >= 0.3 is 0 Å². The molecule has 1 aliphatic heterocycles. The van der Waals surface area contributed by atoms with E-state index >= 15 is 0 Å². The van der Waals surface area contributed by atoms with Gasteiger partial charge in [0.1, 0.15) is 5.75 Å². The summed E-state index contributed by atoms with van der Waals surface area (Å²) >= 11 is 0. The van der Waals surface area contributed by atoms with Crippen LogP contribution < -0.4 is 10.1 Å². The van der Waals surface area contributed by atoms with Gasteiger partial charge in [-0.15, -0.1) is 0 Å². The number of methoxy groups -OCH3 is 1. The average Bonchev–Trinajstić information content (AvgIpc) is 2.80. The van der Waals surface area contributed by atoms with Gasteiger partial charge in [-0.3, -0.25) is 9.79 Å². The van der Waals surface area contributed by atoms with Gasteiger partial charge < -0.3 is 19.9 Å². The first-order valence-electron chi connectivity index (χ1n) is 10.5. The van der Waals surface area contributed by atoms with E-state index in [4.69, 9.17) is 4.74 Å². The minimum absolute atomic E-state index is 0.143. The van der Waals surface area contributed by atoms with Gasteiger partial charge in [-0.25, -0.2) is 0 Å². The Morgan fingerprint density at radius 1 is 1.03 bits per heavy atom. The first-order chi connectivity index (χ1) is 14.6. The second-order valence-electron chi connectivity index (χ2n) is 7.65. The van der Waals surface area contributed by atoms with Crippen molar-refractivity contribution < 1.29 is 9.53 Å². The Kier molecular flexibility index (Phi) is 7.71. The van der Waals surface area contributed by atoms with Crippen molar-refractivity contribution in [1.82, 2.24) is 15.1 Å². The second-order valence-corrected chi connectivity index (χ2v) is 7.65. The van der Waals surface area contributed by atoms with Crippen LogP contribution in [0.25, 0.3) is 0 Å². The van der Waals surface area contributed by atoms with Crippen LogP contribution in [0.5, 0.6) is 5.75 Å². The Labute approximate surface area is 179 Å². The van der Waals surface area contributed by atoms with Crippen molar-refractivity contribution in [3.63, 3.8) is 0 Å². The SMILES string of the molecule is CN=C(NCc1ccc(C(=O)N2CCCCC2)cc1)N(C)Cc1ccc(OC)cc1. The molecule has 0 radical (unpaired) electrons. The second kappa shape index (κ2) is 10.7. The number of ether oxygens (including phenoxy) is 1. The number of amides is 1. The van der Waals surface area contributed by atoms with E-state index in [-0.39, 0.29) is 5.91 Å². The van der Waals surface area contributed by atoms with Gasteiger partial charge in [-0.1, -0.05) is 24.3 Å². The molecule has 0 spiro atoms. The van der Waals surface area contributed by atoms with Crippen molar-refractivity contribution in [2.75, 3.05) is 34.3 Å². The molecule has 1 heterocycles. The van der Waals surface area contributed by atoms with E-state index < -0.39 is 0 Å². The number of nitrogens with zero attached hydrogens (tertiary/aromatic N) is 3. The first kappa shape index (κ1) is 21.7. The topological polar surface area (TPSA) is 57.2 Å². The molecule has 2 aromatic carbocycles. The highest BCUT2D eigenvalue weighted by molar-refractivity contribution is 5.94. The summed E-state index contributed by atoms with van der Waals surface area (Å²) in [4.78, 5) is 21.0. The van der Waals surface area contributed by atoms with E-state index in [0.717, 1.165) is 55.3 Å². The van der Waals surface area contributed by atoms with Crippen LogP contribution in [-0.2, 0) is 13.1 Å². The standard InChI is InChI=1S/C24H32N4O2/c1-25-24(27(2)18-20-9-13-22(30-3)14-10-20)26-17-19-7-11-21(12-8-19)23(29)28-15-5-4-6-16-28/h7-14H,4-6,15-18H2,1-3H3,(H,25,26). The van der Waals surface area contributed by atoms with Crippen LogP contribution in [0.1, 0.15) is 40.7 Å². The van der Waals surface area contributed by atoms with Crippen LogP contribution in [0, 0.1) is 0 Å². The summed E-state index contributed by atoms with van der Waals surface area (Å²) in [6.07, 6.45) is 3.44. The molecule has 160 valence electrons. The van der Waals surface area contributed by atoms with E-state index in [1.54, 1.807) is 14.2 Å². The first-order valence-corrected chi connectivity index (χ1v) is 10.5. The van der Waals surface area contributed by atoms with Crippen molar-refractivity contribution >= 4 is 11.9 Å². The van der Waals surface area contributed by atoms with E-state index in [2.05, 4.69) is 27.3 Å². The van der Waals surface area contributed by atoms with Gasteiger partial charge in [0.15, 0.2) is 5.96 Å². The molecule has 1 aliphatic rings. The number of hydrogen-bond donors (Lipinski definition) is 1. The maximum Gasteiger partial charge on any atom is 0.253 e. The minimum atomic E-state index is 0.143. The molecule has 0 aromatic heterocycles. The predicted molar refractivity (Wildman–Crippen MR) is 121 cm³/mol. The number of benzene rings is 2. The van der Waals surface area contributed by atoms with Crippen molar-refractivity contribution in [1.29, 1.82) is 0 Å². The van der Waals surface area contributed by atoms with Gasteiger partial charge in [-0.05, 0) is 54.7 Å². The third-order valence-corrected chi connectivity index (χ3v) is 5.45.